The summed E-state index contributed by atoms with van der Waals surface area (Å²) >= 11 is 0. The van der Waals surface area contributed by atoms with Gasteiger partial charge in [0, 0.05) is 37.6 Å². The quantitative estimate of drug-likeness (QED) is 0.482. The summed E-state index contributed by atoms with van der Waals surface area (Å²) in [5, 5.41) is 11.7. The number of rotatable bonds is 6. The minimum Gasteiger partial charge on any atom is -0.371 e. The van der Waals surface area contributed by atoms with Crippen molar-refractivity contribution < 1.29 is 0 Å². The molecule has 0 spiro atoms. The van der Waals surface area contributed by atoms with E-state index in [0.717, 1.165) is 40.2 Å². The maximum atomic E-state index is 4.84. The van der Waals surface area contributed by atoms with Crippen LogP contribution in [0.25, 0.3) is 27.8 Å². The second-order valence-corrected chi connectivity index (χ2v) is 9.04. The molecule has 166 valence electrons. The summed E-state index contributed by atoms with van der Waals surface area (Å²) in [5.41, 5.74) is 4.54. The standard InChI is InChI=1S/C24H30N8/c1-15-7-8-16(14-31(3)4)21(15)28-24-29-23(25-2)22-17(11-13-32(22)30-24)18-9-10-19-20(27-18)6-5-12-26-19/h5-6,9-13,15-16,21H,7-8,14H2,1-4H3,(H2,25,28,29,30). The van der Waals surface area contributed by atoms with E-state index >= 15 is 0 Å². The second-order valence-electron chi connectivity index (χ2n) is 9.04. The van der Waals surface area contributed by atoms with E-state index in [0.29, 0.717) is 23.8 Å². The predicted octanol–water partition coefficient (Wildman–Crippen LogP) is 3.77. The van der Waals surface area contributed by atoms with Crippen molar-refractivity contribution in [2.24, 2.45) is 11.8 Å². The van der Waals surface area contributed by atoms with Gasteiger partial charge in [-0.3, -0.25) is 4.98 Å². The van der Waals surface area contributed by atoms with Crippen LogP contribution in [-0.2, 0) is 0 Å². The van der Waals surface area contributed by atoms with Crippen molar-refractivity contribution in [1.82, 2.24) is 29.5 Å². The second kappa shape index (κ2) is 8.35. The van der Waals surface area contributed by atoms with E-state index in [1.54, 1.807) is 6.20 Å². The van der Waals surface area contributed by atoms with Crippen LogP contribution in [-0.4, -0.2) is 63.2 Å². The van der Waals surface area contributed by atoms with E-state index in [4.69, 9.17) is 15.1 Å². The number of nitrogens with one attached hydrogen (secondary N) is 2. The molecular weight excluding hydrogens is 400 g/mol. The maximum absolute atomic E-state index is 4.84. The predicted molar refractivity (Wildman–Crippen MR) is 129 cm³/mol. The zero-order valence-corrected chi connectivity index (χ0v) is 19.1. The lowest BCUT2D eigenvalue weighted by Gasteiger charge is -2.26. The van der Waals surface area contributed by atoms with Gasteiger partial charge in [-0.25, -0.2) is 9.50 Å². The number of nitrogens with zero attached hydrogens (tertiary/aromatic N) is 6. The Labute approximate surface area is 188 Å². The SMILES string of the molecule is CNc1nc(NC2C(C)CCC2CN(C)C)nn2ccc(-c3ccc4ncccc4n3)c12. The number of aromatic nitrogens is 5. The Hall–Kier alpha value is -3.26. The van der Waals surface area contributed by atoms with Crippen LogP contribution in [0.5, 0.6) is 0 Å². The summed E-state index contributed by atoms with van der Waals surface area (Å²) in [6.07, 6.45) is 6.22. The maximum Gasteiger partial charge on any atom is 0.243 e. The Morgan fingerprint density at radius 3 is 2.78 bits per heavy atom. The first-order valence-corrected chi connectivity index (χ1v) is 11.2. The third kappa shape index (κ3) is 3.75. The van der Waals surface area contributed by atoms with E-state index in [1.807, 2.05) is 48.1 Å². The number of anilines is 2. The lowest BCUT2D eigenvalue weighted by atomic mass is 9.98. The first kappa shape index (κ1) is 20.6. The number of hydrogen-bond donors (Lipinski definition) is 2. The van der Waals surface area contributed by atoms with Crippen molar-refractivity contribution in [3.8, 4) is 11.3 Å². The molecule has 1 saturated carbocycles. The third-order valence-corrected chi connectivity index (χ3v) is 6.49. The monoisotopic (exact) mass is 430 g/mol. The molecule has 8 heteroatoms. The summed E-state index contributed by atoms with van der Waals surface area (Å²) in [6.45, 7) is 3.39. The molecule has 2 N–H and O–H groups in total. The van der Waals surface area contributed by atoms with Crippen molar-refractivity contribution in [3.05, 3.63) is 42.7 Å². The van der Waals surface area contributed by atoms with Crippen molar-refractivity contribution in [2.45, 2.75) is 25.8 Å². The molecule has 0 amide bonds. The van der Waals surface area contributed by atoms with Crippen LogP contribution in [0.2, 0.25) is 0 Å². The largest absolute Gasteiger partial charge is 0.371 e. The molecule has 0 bridgehead atoms. The molecule has 1 aliphatic rings. The first-order valence-electron chi connectivity index (χ1n) is 11.2. The summed E-state index contributed by atoms with van der Waals surface area (Å²) in [5.74, 6) is 2.62. The Bertz CT molecular complexity index is 1250. The van der Waals surface area contributed by atoms with Gasteiger partial charge < -0.3 is 15.5 Å². The Balaban J connectivity index is 1.51. The van der Waals surface area contributed by atoms with Gasteiger partial charge in [-0.15, -0.1) is 5.10 Å². The molecular formula is C24H30N8. The fourth-order valence-electron chi connectivity index (χ4n) is 4.96. The number of pyridine rings is 2. The van der Waals surface area contributed by atoms with E-state index < -0.39 is 0 Å². The Morgan fingerprint density at radius 2 is 1.97 bits per heavy atom. The molecule has 3 unspecified atom stereocenters. The summed E-state index contributed by atoms with van der Waals surface area (Å²) in [7, 11) is 6.17. The molecule has 4 aromatic heterocycles. The number of fused-ring (bicyclic) bond motifs is 2. The van der Waals surface area contributed by atoms with Crippen LogP contribution in [0.1, 0.15) is 19.8 Å². The fraction of sp³-hybridized carbons (Fsp3) is 0.417. The van der Waals surface area contributed by atoms with Gasteiger partial charge in [0.1, 0.15) is 5.52 Å². The number of hydrogen-bond acceptors (Lipinski definition) is 7. The van der Waals surface area contributed by atoms with Crippen LogP contribution in [0.4, 0.5) is 11.8 Å². The van der Waals surface area contributed by atoms with Crippen molar-refractivity contribution >= 4 is 28.3 Å². The zero-order valence-electron chi connectivity index (χ0n) is 19.1. The molecule has 1 fully saturated rings. The highest BCUT2D eigenvalue weighted by molar-refractivity contribution is 5.89. The smallest absolute Gasteiger partial charge is 0.243 e. The highest BCUT2D eigenvalue weighted by Crippen LogP contribution is 2.34. The molecule has 32 heavy (non-hydrogen) atoms. The molecule has 0 saturated heterocycles. The summed E-state index contributed by atoms with van der Waals surface area (Å²) in [6, 6.07) is 10.3. The van der Waals surface area contributed by atoms with Gasteiger partial charge in [0.25, 0.3) is 0 Å². The third-order valence-electron chi connectivity index (χ3n) is 6.49. The van der Waals surface area contributed by atoms with E-state index in [1.165, 1.54) is 12.8 Å². The van der Waals surface area contributed by atoms with E-state index in [9.17, 15) is 0 Å². The average Bonchev–Trinajstić information content (AvgIpc) is 3.37. The van der Waals surface area contributed by atoms with Crippen LogP contribution >= 0.6 is 0 Å². The van der Waals surface area contributed by atoms with Gasteiger partial charge in [-0.05, 0) is 69.1 Å². The van der Waals surface area contributed by atoms with Crippen LogP contribution in [0.15, 0.2) is 42.7 Å². The first-order chi connectivity index (χ1) is 15.5. The molecule has 4 heterocycles. The molecule has 8 nitrogen and oxygen atoms in total. The van der Waals surface area contributed by atoms with Gasteiger partial charge in [0.2, 0.25) is 5.95 Å². The van der Waals surface area contributed by atoms with Gasteiger partial charge in [-0.1, -0.05) is 6.92 Å². The van der Waals surface area contributed by atoms with Crippen LogP contribution in [0.3, 0.4) is 0 Å². The summed E-state index contributed by atoms with van der Waals surface area (Å²) in [4.78, 5) is 16.3. The van der Waals surface area contributed by atoms with Gasteiger partial charge >= 0.3 is 0 Å². The van der Waals surface area contributed by atoms with Gasteiger partial charge in [-0.2, -0.15) is 4.98 Å². The van der Waals surface area contributed by atoms with Gasteiger partial charge in [0.05, 0.1) is 16.7 Å². The highest BCUT2D eigenvalue weighted by atomic mass is 15.3. The van der Waals surface area contributed by atoms with Gasteiger partial charge in [0.15, 0.2) is 5.82 Å². The topological polar surface area (TPSA) is 83.3 Å². The van der Waals surface area contributed by atoms with E-state index in [-0.39, 0.29) is 0 Å². The Morgan fingerprint density at radius 1 is 1.09 bits per heavy atom. The molecule has 3 atom stereocenters. The molecule has 0 aromatic carbocycles. The zero-order chi connectivity index (χ0) is 22.2. The summed E-state index contributed by atoms with van der Waals surface area (Å²) < 4.78 is 1.90. The van der Waals surface area contributed by atoms with Crippen molar-refractivity contribution in [3.63, 3.8) is 0 Å². The minimum atomic E-state index is 0.365. The van der Waals surface area contributed by atoms with Crippen molar-refractivity contribution in [1.29, 1.82) is 0 Å². The average molecular weight is 431 g/mol. The lowest BCUT2D eigenvalue weighted by Crippen LogP contribution is -2.35. The molecule has 0 radical (unpaired) electrons. The van der Waals surface area contributed by atoms with Crippen LogP contribution in [0, 0.1) is 11.8 Å². The lowest BCUT2D eigenvalue weighted by molar-refractivity contribution is 0.308. The molecule has 1 aliphatic carbocycles. The molecule has 4 aromatic rings. The molecule has 0 aliphatic heterocycles. The normalized spacial score (nSPS) is 21.0. The Kier molecular flexibility index (Phi) is 5.38. The van der Waals surface area contributed by atoms with Crippen LogP contribution < -0.4 is 10.6 Å². The highest BCUT2D eigenvalue weighted by Gasteiger charge is 2.34. The molecule has 5 rings (SSSR count). The minimum absolute atomic E-state index is 0.365. The fourth-order valence-corrected chi connectivity index (χ4v) is 4.96. The van der Waals surface area contributed by atoms with Crippen molar-refractivity contribution in [2.75, 3.05) is 38.3 Å². The van der Waals surface area contributed by atoms with E-state index in [2.05, 4.69) is 41.5 Å².